The number of carbonyl (C=O) groups excluding carboxylic acids is 1. The smallest absolute Gasteiger partial charge is 0.232 e. The SMILES string of the molecule is CC1Nc2ncnn2C(c2ccccc2)C1C(=O)Nc1ccccc1. The molecule has 3 atom stereocenters. The van der Waals surface area contributed by atoms with Gasteiger partial charge in [0.05, 0.1) is 12.0 Å². The molecule has 3 aromatic rings. The van der Waals surface area contributed by atoms with Crippen LogP contribution in [0.5, 0.6) is 0 Å². The molecule has 3 unspecified atom stereocenters. The predicted octanol–water partition coefficient (Wildman–Crippen LogP) is 2.94. The van der Waals surface area contributed by atoms with E-state index in [1.54, 1.807) is 4.68 Å². The minimum Gasteiger partial charge on any atom is -0.351 e. The van der Waals surface area contributed by atoms with E-state index in [1.165, 1.54) is 6.33 Å². The Balaban J connectivity index is 1.72. The fourth-order valence-electron chi connectivity index (χ4n) is 3.39. The van der Waals surface area contributed by atoms with Crippen molar-refractivity contribution in [2.45, 2.75) is 19.0 Å². The molecule has 0 bridgehead atoms. The molecule has 2 aromatic carbocycles. The molecule has 0 spiro atoms. The number of hydrogen-bond donors (Lipinski definition) is 2. The maximum atomic E-state index is 13.1. The summed E-state index contributed by atoms with van der Waals surface area (Å²) in [5.74, 6) is 0.322. The van der Waals surface area contributed by atoms with Gasteiger partial charge in [-0.1, -0.05) is 48.5 Å². The summed E-state index contributed by atoms with van der Waals surface area (Å²) < 4.78 is 1.80. The molecule has 1 amide bonds. The molecule has 6 heteroatoms. The molecular weight excluding hydrogens is 314 g/mol. The number of rotatable bonds is 3. The molecule has 126 valence electrons. The molecule has 4 rings (SSSR count). The van der Waals surface area contributed by atoms with Crippen molar-refractivity contribution in [1.82, 2.24) is 14.8 Å². The lowest BCUT2D eigenvalue weighted by Crippen LogP contribution is -2.46. The topological polar surface area (TPSA) is 71.8 Å². The van der Waals surface area contributed by atoms with Crippen LogP contribution in [0.1, 0.15) is 18.5 Å². The Kier molecular flexibility index (Phi) is 3.93. The number of nitrogens with one attached hydrogen (secondary N) is 2. The fraction of sp³-hybridized carbons (Fsp3) is 0.211. The molecule has 25 heavy (non-hydrogen) atoms. The van der Waals surface area contributed by atoms with Gasteiger partial charge >= 0.3 is 0 Å². The molecule has 2 heterocycles. The summed E-state index contributed by atoms with van der Waals surface area (Å²) in [6, 6.07) is 19.2. The van der Waals surface area contributed by atoms with Gasteiger partial charge in [-0.25, -0.2) is 4.68 Å². The molecule has 0 saturated heterocycles. The molecule has 1 aliphatic rings. The maximum Gasteiger partial charge on any atom is 0.232 e. The fourth-order valence-corrected chi connectivity index (χ4v) is 3.39. The lowest BCUT2D eigenvalue weighted by molar-refractivity contribution is -0.121. The van der Waals surface area contributed by atoms with Crippen LogP contribution in [0.3, 0.4) is 0 Å². The summed E-state index contributed by atoms with van der Waals surface area (Å²) in [5, 5.41) is 10.7. The van der Waals surface area contributed by atoms with E-state index in [4.69, 9.17) is 0 Å². The van der Waals surface area contributed by atoms with E-state index in [0.29, 0.717) is 5.95 Å². The van der Waals surface area contributed by atoms with Crippen molar-refractivity contribution in [2.24, 2.45) is 5.92 Å². The number of fused-ring (bicyclic) bond motifs is 1. The first-order valence-electron chi connectivity index (χ1n) is 8.31. The van der Waals surface area contributed by atoms with Crippen molar-refractivity contribution in [3.05, 3.63) is 72.6 Å². The van der Waals surface area contributed by atoms with E-state index in [2.05, 4.69) is 20.7 Å². The third kappa shape index (κ3) is 2.87. The predicted molar refractivity (Wildman–Crippen MR) is 96.2 cm³/mol. The van der Waals surface area contributed by atoms with Crippen LogP contribution >= 0.6 is 0 Å². The highest BCUT2D eigenvalue weighted by Crippen LogP contribution is 2.36. The highest BCUT2D eigenvalue weighted by Gasteiger charge is 2.41. The molecule has 0 fully saturated rings. The van der Waals surface area contributed by atoms with Crippen molar-refractivity contribution in [2.75, 3.05) is 10.6 Å². The lowest BCUT2D eigenvalue weighted by Gasteiger charge is -2.36. The second kappa shape index (κ2) is 6.39. The first kappa shape index (κ1) is 15.4. The Labute approximate surface area is 145 Å². The molecule has 2 N–H and O–H groups in total. The summed E-state index contributed by atoms with van der Waals surface area (Å²) in [6.07, 6.45) is 1.52. The number of nitrogens with zero attached hydrogens (tertiary/aromatic N) is 3. The summed E-state index contributed by atoms with van der Waals surface area (Å²) >= 11 is 0. The normalized spacial score (nSPS) is 21.9. The number of para-hydroxylation sites is 1. The van der Waals surface area contributed by atoms with Gasteiger partial charge in [0, 0.05) is 11.7 Å². The minimum atomic E-state index is -0.322. The summed E-state index contributed by atoms with van der Waals surface area (Å²) in [5.41, 5.74) is 1.83. The highest BCUT2D eigenvalue weighted by atomic mass is 16.2. The maximum absolute atomic E-state index is 13.1. The minimum absolute atomic E-state index is 0.0406. The number of carbonyl (C=O) groups is 1. The first-order valence-corrected chi connectivity index (χ1v) is 8.31. The van der Waals surface area contributed by atoms with Gasteiger partial charge in [0.25, 0.3) is 0 Å². The van der Waals surface area contributed by atoms with Gasteiger partial charge < -0.3 is 10.6 Å². The Morgan fingerprint density at radius 3 is 2.48 bits per heavy atom. The Morgan fingerprint density at radius 2 is 1.76 bits per heavy atom. The number of amides is 1. The van der Waals surface area contributed by atoms with Gasteiger partial charge in [-0.15, -0.1) is 0 Å². The molecule has 1 aromatic heterocycles. The Bertz CT molecular complexity index is 862. The van der Waals surface area contributed by atoms with Crippen LogP contribution in [-0.2, 0) is 4.79 Å². The van der Waals surface area contributed by atoms with E-state index in [-0.39, 0.29) is 23.9 Å². The lowest BCUT2D eigenvalue weighted by atomic mass is 9.85. The van der Waals surface area contributed by atoms with Gasteiger partial charge in [-0.3, -0.25) is 4.79 Å². The van der Waals surface area contributed by atoms with Crippen LogP contribution in [0.15, 0.2) is 67.0 Å². The van der Waals surface area contributed by atoms with Gasteiger partial charge in [0.15, 0.2) is 0 Å². The summed E-state index contributed by atoms with van der Waals surface area (Å²) in [4.78, 5) is 17.4. The van der Waals surface area contributed by atoms with Crippen molar-refractivity contribution < 1.29 is 4.79 Å². The van der Waals surface area contributed by atoms with Gasteiger partial charge in [-0.2, -0.15) is 10.1 Å². The van der Waals surface area contributed by atoms with E-state index in [9.17, 15) is 4.79 Å². The summed E-state index contributed by atoms with van der Waals surface area (Å²) in [7, 11) is 0. The van der Waals surface area contributed by atoms with Crippen molar-refractivity contribution in [3.63, 3.8) is 0 Å². The van der Waals surface area contributed by atoms with Crippen LogP contribution in [0.25, 0.3) is 0 Å². The molecular formula is C19H19N5O. The van der Waals surface area contributed by atoms with Crippen molar-refractivity contribution in [3.8, 4) is 0 Å². The third-order valence-electron chi connectivity index (χ3n) is 4.56. The zero-order chi connectivity index (χ0) is 17.2. The van der Waals surface area contributed by atoms with Crippen LogP contribution in [-0.4, -0.2) is 26.7 Å². The van der Waals surface area contributed by atoms with E-state index >= 15 is 0 Å². The largest absolute Gasteiger partial charge is 0.351 e. The van der Waals surface area contributed by atoms with Crippen LogP contribution in [0, 0.1) is 5.92 Å². The molecule has 6 nitrogen and oxygen atoms in total. The van der Waals surface area contributed by atoms with Crippen LogP contribution in [0.2, 0.25) is 0 Å². The Hall–Kier alpha value is -3.15. The second-order valence-corrected chi connectivity index (χ2v) is 6.20. The van der Waals surface area contributed by atoms with E-state index in [1.807, 2.05) is 67.6 Å². The van der Waals surface area contributed by atoms with Gasteiger partial charge in [-0.05, 0) is 24.6 Å². The zero-order valence-corrected chi connectivity index (χ0v) is 13.8. The summed E-state index contributed by atoms with van der Waals surface area (Å²) in [6.45, 7) is 2.00. The molecule has 0 radical (unpaired) electrons. The molecule has 0 saturated carbocycles. The Morgan fingerprint density at radius 1 is 1.08 bits per heavy atom. The highest BCUT2D eigenvalue weighted by molar-refractivity contribution is 5.94. The van der Waals surface area contributed by atoms with Crippen molar-refractivity contribution in [1.29, 1.82) is 0 Å². The van der Waals surface area contributed by atoms with E-state index < -0.39 is 0 Å². The number of anilines is 2. The molecule has 1 aliphatic heterocycles. The molecule has 0 aliphatic carbocycles. The van der Waals surface area contributed by atoms with Gasteiger partial charge in [0.1, 0.15) is 6.33 Å². The van der Waals surface area contributed by atoms with Crippen LogP contribution in [0.4, 0.5) is 11.6 Å². The zero-order valence-electron chi connectivity index (χ0n) is 13.8. The number of hydrogen-bond acceptors (Lipinski definition) is 4. The first-order chi connectivity index (χ1) is 12.2. The third-order valence-corrected chi connectivity index (χ3v) is 4.56. The standard InChI is InChI=1S/C19H19N5O/c1-13-16(18(25)23-15-10-6-3-7-11-15)17(14-8-4-2-5-9-14)24-19(22-13)20-12-21-24/h2-13,16-17H,1H3,(H,23,25)(H,20,21,22). The average molecular weight is 333 g/mol. The number of benzene rings is 2. The van der Waals surface area contributed by atoms with E-state index in [0.717, 1.165) is 11.3 Å². The second-order valence-electron chi connectivity index (χ2n) is 6.20. The quantitative estimate of drug-likeness (QED) is 0.773. The van der Waals surface area contributed by atoms with Gasteiger partial charge in [0.2, 0.25) is 11.9 Å². The number of aromatic nitrogens is 3. The monoisotopic (exact) mass is 333 g/mol. The van der Waals surface area contributed by atoms with Crippen molar-refractivity contribution >= 4 is 17.5 Å². The van der Waals surface area contributed by atoms with Crippen LogP contribution < -0.4 is 10.6 Å². The average Bonchev–Trinajstić information content (AvgIpc) is 3.10.